The molecule has 0 fully saturated rings. The standard InChI is InChI=1S/C13H18FN3O2/c1-2-3-11(13(15)17-19)16-12(18)8-9-4-6-10(14)7-5-9/h4-7,11,19H,2-3,8H2,1H3,(H2,15,17)(H,16,18). The van der Waals surface area contributed by atoms with Crippen molar-refractivity contribution < 1.29 is 14.4 Å². The maximum absolute atomic E-state index is 12.7. The third-order valence-corrected chi connectivity index (χ3v) is 2.66. The van der Waals surface area contributed by atoms with Crippen LogP contribution in [0, 0.1) is 5.82 Å². The predicted octanol–water partition coefficient (Wildman–Crippen LogP) is 1.40. The van der Waals surface area contributed by atoms with Gasteiger partial charge >= 0.3 is 0 Å². The molecule has 104 valence electrons. The van der Waals surface area contributed by atoms with Crippen LogP contribution in [0.3, 0.4) is 0 Å². The van der Waals surface area contributed by atoms with E-state index in [-0.39, 0.29) is 24.0 Å². The van der Waals surface area contributed by atoms with Gasteiger partial charge in [0, 0.05) is 0 Å². The molecule has 5 nitrogen and oxygen atoms in total. The third kappa shape index (κ3) is 4.95. The van der Waals surface area contributed by atoms with Crippen LogP contribution in [0.2, 0.25) is 0 Å². The second-order valence-electron chi connectivity index (χ2n) is 4.24. The Bertz CT molecular complexity index is 446. The molecule has 0 saturated carbocycles. The fourth-order valence-corrected chi connectivity index (χ4v) is 1.69. The van der Waals surface area contributed by atoms with E-state index in [9.17, 15) is 9.18 Å². The molecule has 0 aliphatic rings. The van der Waals surface area contributed by atoms with E-state index in [2.05, 4.69) is 10.5 Å². The molecule has 19 heavy (non-hydrogen) atoms. The number of nitrogens with two attached hydrogens (primary N) is 1. The van der Waals surface area contributed by atoms with E-state index < -0.39 is 6.04 Å². The zero-order chi connectivity index (χ0) is 14.3. The first kappa shape index (κ1) is 14.9. The lowest BCUT2D eigenvalue weighted by atomic mass is 10.1. The Morgan fingerprint density at radius 3 is 2.63 bits per heavy atom. The number of nitrogens with one attached hydrogen (secondary N) is 1. The van der Waals surface area contributed by atoms with Crippen LogP contribution in [-0.2, 0) is 11.2 Å². The van der Waals surface area contributed by atoms with Gasteiger partial charge < -0.3 is 16.3 Å². The molecule has 4 N–H and O–H groups in total. The van der Waals surface area contributed by atoms with Crippen molar-refractivity contribution in [3.05, 3.63) is 35.6 Å². The molecule has 1 atom stereocenters. The number of hydrogen-bond acceptors (Lipinski definition) is 3. The average molecular weight is 267 g/mol. The van der Waals surface area contributed by atoms with Crippen LogP contribution in [-0.4, -0.2) is 23.0 Å². The van der Waals surface area contributed by atoms with Crippen molar-refractivity contribution in [3.63, 3.8) is 0 Å². The summed E-state index contributed by atoms with van der Waals surface area (Å²) in [6, 6.07) is 5.22. The maximum Gasteiger partial charge on any atom is 0.225 e. The van der Waals surface area contributed by atoms with E-state index in [1.54, 1.807) is 12.1 Å². The van der Waals surface area contributed by atoms with Crippen LogP contribution < -0.4 is 11.1 Å². The molecule has 0 bridgehead atoms. The number of amides is 1. The molecule has 0 radical (unpaired) electrons. The molecule has 0 spiro atoms. The van der Waals surface area contributed by atoms with Gasteiger partial charge in [0.15, 0.2) is 5.84 Å². The molecule has 0 aliphatic heterocycles. The normalized spacial score (nSPS) is 13.1. The van der Waals surface area contributed by atoms with Gasteiger partial charge in [0.05, 0.1) is 12.5 Å². The van der Waals surface area contributed by atoms with Gasteiger partial charge in [-0.2, -0.15) is 0 Å². The Hall–Kier alpha value is -2.11. The fourth-order valence-electron chi connectivity index (χ4n) is 1.69. The molecule has 1 aromatic rings. The number of nitrogens with zero attached hydrogens (tertiary/aromatic N) is 1. The number of carbonyl (C=O) groups is 1. The van der Waals surface area contributed by atoms with E-state index in [1.807, 2.05) is 6.92 Å². The minimum absolute atomic E-state index is 0.0192. The van der Waals surface area contributed by atoms with Gasteiger partial charge in [0.25, 0.3) is 0 Å². The SMILES string of the molecule is CCCC(NC(=O)Cc1ccc(F)cc1)/C(N)=N/O. The van der Waals surface area contributed by atoms with Crippen molar-refractivity contribution in [2.45, 2.75) is 32.2 Å². The summed E-state index contributed by atoms with van der Waals surface area (Å²) in [5.41, 5.74) is 6.20. The fraction of sp³-hybridized carbons (Fsp3) is 0.385. The van der Waals surface area contributed by atoms with Gasteiger partial charge in [-0.1, -0.05) is 30.6 Å². The topological polar surface area (TPSA) is 87.7 Å². The molecule has 1 rings (SSSR count). The van der Waals surface area contributed by atoms with E-state index in [4.69, 9.17) is 10.9 Å². The van der Waals surface area contributed by atoms with Gasteiger partial charge in [-0.15, -0.1) is 0 Å². The van der Waals surface area contributed by atoms with Crippen LogP contribution >= 0.6 is 0 Å². The van der Waals surface area contributed by atoms with Crippen molar-refractivity contribution in [1.82, 2.24) is 5.32 Å². The first-order valence-electron chi connectivity index (χ1n) is 6.08. The number of benzene rings is 1. The Kier molecular flexibility index (Phi) is 5.78. The van der Waals surface area contributed by atoms with Crippen molar-refractivity contribution >= 4 is 11.7 Å². The molecule has 1 amide bonds. The molecular formula is C13H18FN3O2. The van der Waals surface area contributed by atoms with Gasteiger partial charge in [0.1, 0.15) is 5.82 Å². The first-order valence-corrected chi connectivity index (χ1v) is 6.08. The second-order valence-corrected chi connectivity index (χ2v) is 4.24. The Labute approximate surface area is 111 Å². The van der Waals surface area contributed by atoms with Crippen LogP contribution in [0.4, 0.5) is 4.39 Å². The summed E-state index contributed by atoms with van der Waals surface area (Å²) >= 11 is 0. The summed E-state index contributed by atoms with van der Waals surface area (Å²) < 4.78 is 12.7. The van der Waals surface area contributed by atoms with Crippen molar-refractivity contribution in [3.8, 4) is 0 Å². The highest BCUT2D eigenvalue weighted by Crippen LogP contribution is 2.04. The molecule has 1 aromatic carbocycles. The quantitative estimate of drug-likeness (QED) is 0.315. The van der Waals surface area contributed by atoms with Gasteiger partial charge in [-0.05, 0) is 24.1 Å². The van der Waals surface area contributed by atoms with Gasteiger partial charge in [-0.25, -0.2) is 4.39 Å². The van der Waals surface area contributed by atoms with Crippen LogP contribution in [0.1, 0.15) is 25.3 Å². The molecule has 0 heterocycles. The molecule has 0 aliphatic carbocycles. The Morgan fingerprint density at radius 1 is 1.47 bits per heavy atom. The highest BCUT2D eigenvalue weighted by atomic mass is 19.1. The number of amidine groups is 1. The summed E-state index contributed by atoms with van der Waals surface area (Å²) in [5.74, 6) is -0.615. The molecule has 1 unspecified atom stereocenters. The van der Waals surface area contributed by atoms with Crippen LogP contribution in [0.25, 0.3) is 0 Å². The van der Waals surface area contributed by atoms with Crippen LogP contribution in [0.5, 0.6) is 0 Å². The minimum atomic E-state index is -0.483. The first-order chi connectivity index (χ1) is 9.06. The Morgan fingerprint density at radius 2 is 2.11 bits per heavy atom. The smallest absolute Gasteiger partial charge is 0.225 e. The number of oxime groups is 1. The number of carbonyl (C=O) groups excluding carboxylic acids is 1. The van der Waals surface area contributed by atoms with Crippen molar-refractivity contribution in [2.75, 3.05) is 0 Å². The molecule has 0 saturated heterocycles. The third-order valence-electron chi connectivity index (χ3n) is 2.66. The maximum atomic E-state index is 12.7. The summed E-state index contributed by atoms with van der Waals surface area (Å²) in [4.78, 5) is 11.8. The van der Waals surface area contributed by atoms with E-state index >= 15 is 0 Å². The van der Waals surface area contributed by atoms with Crippen molar-refractivity contribution in [2.24, 2.45) is 10.9 Å². The largest absolute Gasteiger partial charge is 0.409 e. The zero-order valence-corrected chi connectivity index (χ0v) is 10.8. The highest BCUT2D eigenvalue weighted by molar-refractivity contribution is 5.90. The number of rotatable bonds is 6. The van der Waals surface area contributed by atoms with Gasteiger partial charge in [0.2, 0.25) is 5.91 Å². The molecule has 0 aromatic heterocycles. The number of hydrogen-bond donors (Lipinski definition) is 3. The minimum Gasteiger partial charge on any atom is -0.409 e. The molecular weight excluding hydrogens is 249 g/mol. The highest BCUT2D eigenvalue weighted by Gasteiger charge is 2.16. The van der Waals surface area contributed by atoms with Crippen molar-refractivity contribution in [1.29, 1.82) is 0 Å². The van der Waals surface area contributed by atoms with Gasteiger partial charge in [-0.3, -0.25) is 4.79 Å². The van der Waals surface area contributed by atoms with E-state index in [0.29, 0.717) is 12.0 Å². The zero-order valence-electron chi connectivity index (χ0n) is 10.8. The lowest BCUT2D eigenvalue weighted by Crippen LogP contribution is -2.45. The summed E-state index contributed by atoms with van der Waals surface area (Å²) in [6.45, 7) is 1.93. The lowest BCUT2D eigenvalue weighted by Gasteiger charge is -2.16. The summed E-state index contributed by atoms with van der Waals surface area (Å²) in [7, 11) is 0. The summed E-state index contributed by atoms with van der Waals surface area (Å²) in [6.07, 6.45) is 1.50. The van der Waals surface area contributed by atoms with E-state index in [1.165, 1.54) is 12.1 Å². The monoisotopic (exact) mass is 267 g/mol. The number of halogens is 1. The summed E-state index contributed by atoms with van der Waals surface area (Å²) in [5, 5.41) is 14.2. The molecule has 6 heteroatoms. The second kappa shape index (κ2) is 7.35. The van der Waals surface area contributed by atoms with Crippen LogP contribution in [0.15, 0.2) is 29.4 Å². The van der Waals surface area contributed by atoms with E-state index in [0.717, 1.165) is 6.42 Å². The Balaban J connectivity index is 2.60. The lowest BCUT2D eigenvalue weighted by molar-refractivity contribution is -0.120. The predicted molar refractivity (Wildman–Crippen MR) is 70.4 cm³/mol. The average Bonchev–Trinajstić information content (AvgIpc) is 2.40.